The Morgan fingerprint density at radius 2 is 1.72 bits per heavy atom. The van der Waals surface area contributed by atoms with E-state index in [0.717, 1.165) is 0 Å². The van der Waals surface area contributed by atoms with E-state index in [1.54, 1.807) is 32.0 Å². The number of benzene rings is 1. The molecule has 0 heterocycles. The molecule has 18 heavy (non-hydrogen) atoms. The average Bonchev–Trinajstić information content (AvgIpc) is 2.21. The largest absolute Gasteiger partial charge is 0.480 e. The van der Waals surface area contributed by atoms with Gasteiger partial charge in [-0.2, -0.15) is 13.2 Å². The van der Waals surface area contributed by atoms with Crippen molar-refractivity contribution in [2.24, 2.45) is 5.73 Å². The van der Waals surface area contributed by atoms with E-state index in [9.17, 15) is 18.0 Å². The van der Waals surface area contributed by atoms with Gasteiger partial charge in [-0.1, -0.05) is 18.2 Å². The summed E-state index contributed by atoms with van der Waals surface area (Å²) in [5.74, 6) is -2.07. The summed E-state index contributed by atoms with van der Waals surface area (Å²) in [4.78, 5) is 10.8. The summed E-state index contributed by atoms with van der Waals surface area (Å²) in [7, 11) is 0. The third-order valence-corrected chi connectivity index (χ3v) is 2.99. The highest BCUT2D eigenvalue weighted by Crippen LogP contribution is 2.33. The Hall–Kier alpha value is -1.56. The highest BCUT2D eigenvalue weighted by molar-refractivity contribution is 5.80. The van der Waals surface area contributed by atoms with E-state index in [-0.39, 0.29) is 0 Å². The Morgan fingerprint density at radius 1 is 1.28 bits per heavy atom. The van der Waals surface area contributed by atoms with Crippen molar-refractivity contribution >= 4 is 5.97 Å². The summed E-state index contributed by atoms with van der Waals surface area (Å²) < 4.78 is 38.4. The Balaban J connectivity index is 3.25. The second-order valence-electron chi connectivity index (χ2n) is 4.32. The highest BCUT2D eigenvalue weighted by atomic mass is 19.4. The Kier molecular flexibility index (Phi) is 3.71. The number of rotatable bonds is 3. The molecule has 0 amide bonds. The number of aryl methyl sites for hydroxylation is 2. The minimum atomic E-state index is -5.01. The lowest BCUT2D eigenvalue weighted by Crippen LogP contribution is -2.61. The van der Waals surface area contributed by atoms with Gasteiger partial charge in [0.05, 0.1) is 0 Å². The molecule has 1 atom stereocenters. The molecule has 1 rings (SSSR count). The van der Waals surface area contributed by atoms with Crippen molar-refractivity contribution in [1.82, 2.24) is 0 Å². The lowest BCUT2D eigenvalue weighted by molar-refractivity contribution is -0.201. The Morgan fingerprint density at radius 3 is 2.06 bits per heavy atom. The predicted octanol–water partition coefficient (Wildman–Crippen LogP) is 2.19. The van der Waals surface area contributed by atoms with Gasteiger partial charge in [0.1, 0.15) is 0 Å². The summed E-state index contributed by atoms with van der Waals surface area (Å²) in [6.45, 7) is 3.25. The predicted molar refractivity (Wildman–Crippen MR) is 60.2 cm³/mol. The van der Waals surface area contributed by atoms with Gasteiger partial charge in [-0.15, -0.1) is 0 Å². The van der Waals surface area contributed by atoms with Crippen LogP contribution in [0.25, 0.3) is 0 Å². The average molecular weight is 261 g/mol. The highest BCUT2D eigenvalue weighted by Gasteiger charge is 2.58. The van der Waals surface area contributed by atoms with E-state index in [1.165, 1.54) is 0 Å². The lowest BCUT2D eigenvalue weighted by atomic mass is 9.87. The monoisotopic (exact) mass is 261 g/mol. The van der Waals surface area contributed by atoms with Crippen LogP contribution in [0.15, 0.2) is 18.2 Å². The molecule has 0 bridgehead atoms. The molecule has 0 saturated carbocycles. The van der Waals surface area contributed by atoms with Crippen LogP contribution in [0, 0.1) is 13.8 Å². The first kappa shape index (κ1) is 14.5. The van der Waals surface area contributed by atoms with Crippen LogP contribution >= 0.6 is 0 Å². The fourth-order valence-electron chi connectivity index (χ4n) is 1.70. The van der Waals surface area contributed by atoms with E-state index in [0.29, 0.717) is 16.7 Å². The van der Waals surface area contributed by atoms with Crippen LogP contribution in [0.5, 0.6) is 0 Å². The second kappa shape index (κ2) is 4.61. The van der Waals surface area contributed by atoms with Gasteiger partial charge in [0.2, 0.25) is 5.54 Å². The van der Waals surface area contributed by atoms with E-state index >= 15 is 0 Å². The van der Waals surface area contributed by atoms with Crippen molar-refractivity contribution < 1.29 is 23.1 Å². The topological polar surface area (TPSA) is 63.3 Å². The fraction of sp³-hybridized carbons (Fsp3) is 0.417. The number of aliphatic carboxylic acids is 1. The summed E-state index contributed by atoms with van der Waals surface area (Å²) in [5.41, 5.74) is 3.31. The SMILES string of the molecule is Cc1cccc(C)c1CC(N)(C(=O)O)C(F)(F)F. The first-order valence-corrected chi connectivity index (χ1v) is 5.23. The molecule has 3 N–H and O–H groups in total. The molecule has 6 heteroatoms. The van der Waals surface area contributed by atoms with Crippen LogP contribution in [0.4, 0.5) is 13.2 Å². The van der Waals surface area contributed by atoms with E-state index in [4.69, 9.17) is 10.8 Å². The van der Waals surface area contributed by atoms with Crippen molar-refractivity contribution in [3.63, 3.8) is 0 Å². The number of halogens is 3. The normalized spacial score (nSPS) is 15.2. The minimum Gasteiger partial charge on any atom is -0.480 e. The number of carboxylic acids is 1. The maximum atomic E-state index is 12.8. The molecule has 3 nitrogen and oxygen atoms in total. The first-order valence-electron chi connectivity index (χ1n) is 5.23. The van der Waals surface area contributed by atoms with E-state index in [2.05, 4.69) is 0 Å². The first-order chi connectivity index (χ1) is 8.09. The molecule has 0 aliphatic carbocycles. The lowest BCUT2D eigenvalue weighted by Gasteiger charge is -2.28. The fourth-order valence-corrected chi connectivity index (χ4v) is 1.70. The molecule has 0 aromatic heterocycles. The molecule has 1 aromatic carbocycles. The van der Waals surface area contributed by atoms with Crippen LogP contribution in [0.1, 0.15) is 16.7 Å². The van der Waals surface area contributed by atoms with Gasteiger partial charge in [-0.25, -0.2) is 4.79 Å². The molecule has 0 saturated heterocycles. The van der Waals surface area contributed by atoms with Gasteiger partial charge >= 0.3 is 12.1 Å². The van der Waals surface area contributed by atoms with Crippen molar-refractivity contribution in [2.75, 3.05) is 0 Å². The summed E-state index contributed by atoms with van der Waals surface area (Å²) in [6.07, 6.45) is -5.78. The van der Waals surface area contributed by atoms with Crippen LogP contribution in [-0.4, -0.2) is 22.8 Å². The Bertz CT molecular complexity index is 451. The van der Waals surface area contributed by atoms with Gasteiger partial charge in [0, 0.05) is 6.42 Å². The molecule has 0 radical (unpaired) electrons. The zero-order valence-electron chi connectivity index (χ0n) is 10.0. The van der Waals surface area contributed by atoms with Crippen LogP contribution in [0.3, 0.4) is 0 Å². The number of alkyl halides is 3. The second-order valence-corrected chi connectivity index (χ2v) is 4.32. The third-order valence-electron chi connectivity index (χ3n) is 2.99. The van der Waals surface area contributed by atoms with Gasteiger partial charge in [0.25, 0.3) is 0 Å². The minimum absolute atomic E-state index is 0.319. The van der Waals surface area contributed by atoms with Crippen molar-refractivity contribution in [1.29, 1.82) is 0 Å². The summed E-state index contributed by atoms with van der Waals surface area (Å²) >= 11 is 0. The maximum Gasteiger partial charge on any atom is 0.417 e. The molecule has 100 valence electrons. The summed E-state index contributed by atoms with van der Waals surface area (Å²) in [6, 6.07) is 4.95. The standard InChI is InChI=1S/C12H14F3NO2/c1-7-4-3-5-8(2)9(7)6-11(16,10(17)18)12(13,14)15/h3-5H,6,16H2,1-2H3,(H,17,18). The van der Waals surface area contributed by atoms with E-state index in [1.807, 2.05) is 0 Å². The van der Waals surface area contributed by atoms with E-state index < -0.39 is 24.1 Å². The van der Waals surface area contributed by atoms with Gasteiger partial charge in [-0.3, -0.25) is 0 Å². The van der Waals surface area contributed by atoms with Gasteiger partial charge < -0.3 is 10.8 Å². The number of carbonyl (C=O) groups is 1. The van der Waals surface area contributed by atoms with Crippen LogP contribution < -0.4 is 5.73 Å². The molecule has 0 fully saturated rings. The third kappa shape index (κ3) is 2.48. The number of carboxylic acid groups (broad SMARTS) is 1. The number of hydrogen-bond acceptors (Lipinski definition) is 2. The van der Waals surface area contributed by atoms with Gasteiger partial charge in [0.15, 0.2) is 0 Å². The molecular weight excluding hydrogens is 247 g/mol. The van der Waals surface area contributed by atoms with Crippen LogP contribution in [-0.2, 0) is 11.2 Å². The number of nitrogens with two attached hydrogens (primary N) is 1. The molecule has 1 aromatic rings. The molecular formula is C12H14F3NO2. The summed E-state index contributed by atoms with van der Waals surface area (Å²) in [5, 5.41) is 8.77. The quantitative estimate of drug-likeness (QED) is 0.876. The zero-order chi connectivity index (χ0) is 14.1. The molecule has 1 unspecified atom stereocenters. The maximum absolute atomic E-state index is 12.8. The van der Waals surface area contributed by atoms with Crippen molar-refractivity contribution in [3.05, 3.63) is 34.9 Å². The molecule has 0 aliphatic rings. The zero-order valence-corrected chi connectivity index (χ0v) is 10.0. The smallest absolute Gasteiger partial charge is 0.417 e. The van der Waals surface area contributed by atoms with Crippen molar-refractivity contribution in [3.8, 4) is 0 Å². The van der Waals surface area contributed by atoms with Crippen LogP contribution in [0.2, 0.25) is 0 Å². The van der Waals surface area contributed by atoms with Gasteiger partial charge in [-0.05, 0) is 30.5 Å². The molecule has 0 aliphatic heterocycles. The molecule has 0 spiro atoms. The Labute approximate surface area is 102 Å². The number of hydrogen-bond donors (Lipinski definition) is 2. The van der Waals surface area contributed by atoms with Crippen molar-refractivity contribution in [2.45, 2.75) is 32.0 Å².